The maximum Gasteiger partial charge on any atom is 0.192 e. The van der Waals surface area contributed by atoms with Gasteiger partial charge in [-0.05, 0) is 36.1 Å². The van der Waals surface area contributed by atoms with Crippen molar-refractivity contribution >= 4 is 30.9 Å². The van der Waals surface area contributed by atoms with Gasteiger partial charge in [0, 0.05) is 7.11 Å². The van der Waals surface area contributed by atoms with Gasteiger partial charge in [-0.25, -0.2) is 0 Å². The Kier molecular flexibility index (Phi) is 11.5. The van der Waals surface area contributed by atoms with Crippen LogP contribution in [0.4, 0.5) is 0 Å². The topological polar surface area (TPSA) is 55.4 Å². The van der Waals surface area contributed by atoms with Crippen LogP contribution >= 0.6 is 22.6 Å². The maximum absolute atomic E-state index is 6.45. The van der Waals surface area contributed by atoms with Gasteiger partial charge in [0.2, 0.25) is 0 Å². The highest BCUT2D eigenvalue weighted by molar-refractivity contribution is 14.1. The fourth-order valence-electron chi connectivity index (χ4n) is 2.55. The van der Waals surface area contributed by atoms with Gasteiger partial charge < -0.3 is 28.1 Å². The molecule has 0 amide bonds. The van der Waals surface area contributed by atoms with E-state index in [0.29, 0.717) is 19.8 Å². The molecular formula is C21H39IO6Si. The quantitative estimate of drug-likeness (QED) is 0.113. The van der Waals surface area contributed by atoms with Crippen LogP contribution in [0.2, 0.25) is 18.1 Å². The molecule has 0 aromatic rings. The molecule has 8 heteroatoms. The Balaban J connectivity index is 2.91. The Morgan fingerprint density at radius 1 is 1.14 bits per heavy atom. The second kappa shape index (κ2) is 12.3. The van der Waals surface area contributed by atoms with Crippen LogP contribution in [-0.4, -0.2) is 66.1 Å². The number of halogens is 1. The monoisotopic (exact) mass is 542 g/mol. The van der Waals surface area contributed by atoms with Crippen LogP contribution in [0.3, 0.4) is 0 Å². The van der Waals surface area contributed by atoms with E-state index in [2.05, 4.69) is 56.5 Å². The lowest BCUT2D eigenvalue weighted by molar-refractivity contribution is -0.178. The van der Waals surface area contributed by atoms with Crippen molar-refractivity contribution < 1.29 is 28.1 Å². The Morgan fingerprint density at radius 2 is 1.83 bits per heavy atom. The molecular weight excluding hydrogens is 503 g/mol. The minimum absolute atomic E-state index is 0.114. The summed E-state index contributed by atoms with van der Waals surface area (Å²) in [6.45, 7) is 16.6. The summed E-state index contributed by atoms with van der Waals surface area (Å²) in [6.07, 6.45) is 5.09. The standard InChI is InChI=1S/C21H39IO6Si/c1-20(2,3)29(7,8)26-15-18(25-16-24-14-13-23-6)19-17(11-9-10-12-22)27-21(4,5)28-19/h9-12,17-19H,13-16H2,1-8H3/b11-9+,12-10+/t17-,18-,19+/m1/s1. The van der Waals surface area contributed by atoms with E-state index in [-0.39, 0.29) is 30.1 Å². The highest BCUT2D eigenvalue weighted by atomic mass is 127. The second-order valence-corrected chi connectivity index (χ2v) is 14.6. The summed E-state index contributed by atoms with van der Waals surface area (Å²) >= 11 is 2.19. The minimum atomic E-state index is -1.94. The SMILES string of the molecule is COCCOCO[C@H](CO[Si](C)(C)C(C)(C)C)[C@H]1OC(C)(C)O[C@@H]1/C=C/C=C/I. The molecule has 0 saturated carbocycles. The lowest BCUT2D eigenvalue weighted by Gasteiger charge is -2.38. The molecule has 1 aliphatic heterocycles. The van der Waals surface area contributed by atoms with Gasteiger partial charge in [0.1, 0.15) is 25.1 Å². The Hall–Kier alpha value is 0.187. The first-order valence-corrected chi connectivity index (χ1v) is 14.2. The second-order valence-electron chi connectivity index (χ2n) is 9.06. The maximum atomic E-state index is 6.45. The van der Waals surface area contributed by atoms with Gasteiger partial charge in [0.25, 0.3) is 0 Å². The van der Waals surface area contributed by atoms with Crippen molar-refractivity contribution in [3.05, 3.63) is 22.3 Å². The van der Waals surface area contributed by atoms with Gasteiger partial charge in [0.05, 0.1) is 19.8 Å². The van der Waals surface area contributed by atoms with Gasteiger partial charge in [-0.3, -0.25) is 0 Å². The molecule has 3 atom stereocenters. The Morgan fingerprint density at radius 3 is 2.41 bits per heavy atom. The third-order valence-electron chi connectivity index (χ3n) is 5.23. The van der Waals surface area contributed by atoms with E-state index in [1.807, 2.05) is 36.2 Å². The van der Waals surface area contributed by atoms with Crippen LogP contribution in [0.1, 0.15) is 34.6 Å². The summed E-state index contributed by atoms with van der Waals surface area (Å²) < 4.78 is 37.3. The van der Waals surface area contributed by atoms with Crippen LogP contribution in [0.25, 0.3) is 0 Å². The molecule has 0 unspecified atom stereocenters. The zero-order chi connectivity index (χ0) is 22.1. The fraction of sp³-hybridized carbons (Fsp3) is 0.810. The van der Waals surface area contributed by atoms with E-state index in [0.717, 1.165) is 0 Å². The number of ether oxygens (including phenoxy) is 5. The number of allylic oxidation sites excluding steroid dienone is 2. The number of methoxy groups -OCH3 is 1. The first-order chi connectivity index (χ1) is 13.4. The lowest BCUT2D eigenvalue weighted by Crippen LogP contribution is -2.47. The number of hydrogen-bond donors (Lipinski definition) is 0. The third-order valence-corrected chi connectivity index (χ3v) is 10.1. The van der Waals surface area contributed by atoms with Gasteiger partial charge in [-0.1, -0.05) is 61.6 Å². The van der Waals surface area contributed by atoms with Gasteiger partial charge >= 0.3 is 0 Å². The van der Waals surface area contributed by atoms with Gasteiger partial charge in [-0.2, -0.15) is 0 Å². The molecule has 0 aromatic heterocycles. The molecule has 1 rings (SSSR count). The third kappa shape index (κ3) is 9.47. The average molecular weight is 543 g/mol. The van der Waals surface area contributed by atoms with Crippen molar-refractivity contribution in [1.29, 1.82) is 0 Å². The molecule has 0 spiro atoms. The van der Waals surface area contributed by atoms with Crippen LogP contribution in [0.5, 0.6) is 0 Å². The van der Waals surface area contributed by atoms with E-state index >= 15 is 0 Å². The molecule has 170 valence electrons. The van der Waals surface area contributed by atoms with Crippen molar-refractivity contribution in [3.63, 3.8) is 0 Å². The molecule has 0 bridgehead atoms. The van der Waals surface area contributed by atoms with Crippen molar-refractivity contribution in [3.8, 4) is 0 Å². The van der Waals surface area contributed by atoms with Crippen LogP contribution in [0.15, 0.2) is 22.3 Å². The molecule has 0 aromatic carbocycles. The van der Waals surface area contributed by atoms with Crippen molar-refractivity contribution in [2.45, 2.75) is 76.8 Å². The summed E-state index contributed by atoms with van der Waals surface area (Å²) in [5, 5.41) is 0.114. The molecule has 1 fully saturated rings. The zero-order valence-electron chi connectivity index (χ0n) is 19.2. The zero-order valence-corrected chi connectivity index (χ0v) is 22.4. The van der Waals surface area contributed by atoms with Crippen LogP contribution < -0.4 is 0 Å². The molecule has 29 heavy (non-hydrogen) atoms. The Bertz CT molecular complexity index is 530. The highest BCUT2D eigenvalue weighted by Crippen LogP contribution is 2.38. The predicted octanol–water partition coefficient (Wildman–Crippen LogP) is 5.04. The van der Waals surface area contributed by atoms with Crippen LogP contribution in [-0.2, 0) is 28.1 Å². The molecule has 0 radical (unpaired) electrons. The summed E-state index contributed by atoms with van der Waals surface area (Å²) in [5.74, 6) is -0.691. The van der Waals surface area contributed by atoms with E-state index in [9.17, 15) is 0 Å². The smallest absolute Gasteiger partial charge is 0.192 e. The molecule has 1 aliphatic rings. The van der Waals surface area contributed by atoms with Crippen molar-refractivity contribution in [1.82, 2.24) is 0 Å². The van der Waals surface area contributed by atoms with Crippen molar-refractivity contribution in [2.24, 2.45) is 0 Å². The average Bonchev–Trinajstić information content (AvgIpc) is 2.91. The minimum Gasteiger partial charge on any atom is -0.414 e. The summed E-state index contributed by atoms with van der Waals surface area (Å²) in [5.41, 5.74) is 0. The number of hydrogen-bond acceptors (Lipinski definition) is 6. The molecule has 6 nitrogen and oxygen atoms in total. The van der Waals surface area contributed by atoms with E-state index in [1.54, 1.807) is 7.11 Å². The predicted molar refractivity (Wildman–Crippen MR) is 127 cm³/mol. The van der Waals surface area contributed by atoms with E-state index < -0.39 is 14.1 Å². The van der Waals surface area contributed by atoms with E-state index in [1.165, 1.54) is 0 Å². The van der Waals surface area contributed by atoms with Crippen LogP contribution in [0, 0.1) is 0 Å². The first kappa shape index (κ1) is 27.2. The summed E-state index contributed by atoms with van der Waals surface area (Å²) in [6, 6.07) is 0. The lowest BCUT2D eigenvalue weighted by atomic mass is 10.1. The molecule has 1 saturated heterocycles. The highest BCUT2D eigenvalue weighted by Gasteiger charge is 2.46. The van der Waals surface area contributed by atoms with E-state index in [4.69, 9.17) is 28.1 Å². The summed E-state index contributed by atoms with van der Waals surface area (Å²) in [4.78, 5) is 0. The normalized spacial score (nSPS) is 24.0. The molecule has 0 N–H and O–H groups in total. The summed E-state index contributed by atoms with van der Waals surface area (Å²) in [7, 11) is -0.289. The number of rotatable bonds is 12. The fourth-order valence-corrected chi connectivity index (χ4v) is 3.80. The van der Waals surface area contributed by atoms with Gasteiger partial charge in [-0.15, -0.1) is 0 Å². The first-order valence-electron chi connectivity index (χ1n) is 10.0. The molecule has 0 aliphatic carbocycles. The molecule has 1 heterocycles. The largest absolute Gasteiger partial charge is 0.414 e. The van der Waals surface area contributed by atoms with Gasteiger partial charge in [0.15, 0.2) is 14.1 Å². The van der Waals surface area contributed by atoms with Crippen molar-refractivity contribution in [2.75, 3.05) is 33.7 Å². The Labute approximate surface area is 191 Å².